The van der Waals surface area contributed by atoms with Gasteiger partial charge in [-0.15, -0.1) is 0 Å². The van der Waals surface area contributed by atoms with Crippen molar-refractivity contribution < 1.29 is 14.6 Å². The van der Waals surface area contributed by atoms with Crippen molar-refractivity contribution in [2.45, 2.75) is 50.5 Å². The van der Waals surface area contributed by atoms with Crippen LogP contribution in [0.2, 0.25) is 0 Å². The number of rotatable bonds is 1. The standard InChI is InChI=1S/C21H28O3/c1-24-19(22)20-15-7-12(9-3-2-4-10(9)15)18-13-8-16(20)11-5-6-14(17(11)13)21(18,20)23/h9-18,23H,2-8H2,1H3/t9-,10-,11+,12-,13+,14+,15+,16-,17+,18-,20-,21+/m0/s1. The first-order chi connectivity index (χ1) is 11.7. The Hall–Kier alpha value is -0.570. The number of hydrogen-bond acceptors (Lipinski definition) is 3. The summed E-state index contributed by atoms with van der Waals surface area (Å²) in [5.41, 5.74) is -1.26. The van der Waals surface area contributed by atoms with Gasteiger partial charge in [0.15, 0.2) is 0 Å². The molecule has 1 N–H and O–H groups in total. The van der Waals surface area contributed by atoms with Gasteiger partial charge in [-0.2, -0.15) is 0 Å². The van der Waals surface area contributed by atoms with Crippen LogP contribution < -0.4 is 0 Å². The lowest BCUT2D eigenvalue weighted by Gasteiger charge is -2.63. The van der Waals surface area contributed by atoms with Gasteiger partial charge in [0, 0.05) is 0 Å². The van der Waals surface area contributed by atoms with Crippen LogP contribution >= 0.6 is 0 Å². The van der Waals surface area contributed by atoms with Gasteiger partial charge in [0.25, 0.3) is 0 Å². The van der Waals surface area contributed by atoms with Gasteiger partial charge < -0.3 is 9.84 Å². The van der Waals surface area contributed by atoms with Gasteiger partial charge in [0.1, 0.15) is 5.41 Å². The average molecular weight is 328 g/mol. The summed E-state index contributed by atoms with van der Waals surface area (Å²) in [4.78, 5) is 13.4. The lowest BCUT2D eigenvalue weighted by Crippen LogP contribution is -2.71. The highest BCUT2D eigenvalue weighted by Gasteiger charge is 2.89. The van der Waals surface area contributed by atoms with Gasteiger partial charge in [-0.1, -0.05) is 6.42 Å². The summed E-state index contributed by atoms with van der Waals surface area (Å²) in [7, 11) is 1.57. The number of hydrogen-bond donors (Lipinski definition) is 1. The number of carbonyl (C=O) groups excluding carboxylic acids is 1. The molecular formula is C21H28O3. The van der Waals surface area contributed by atoms with E-state index in [0.717, 1.165) is 17.8 Å². The van der Waals surface area contributed by atoms with Crippen molar-refractivity contribution in [3.8, 4) is 0 Å². The predicted octanol–water partition coefficient (Wildman–Crippen LogP) is 2.86. The molecule has 7 aliphatic carbocycles. The summed E-state index contributed by atoms with van der Waals surface area (Å²) in [6, 6.07) is 0. The molecule has 3 heteroatoms. The summed E-state index contributed by atoms with van der Waals surface area (Å²) in [5, 5.41) is 12.4. The van der Waals surface area contributed by atoms with Crippen LogP contribution in [0.4, 0.5) is 0 Å². The Morgan fingerprint density at radius 3 is 2.50 bits per heavy atom. The fraction of sp³-hybridized carbons (Fsp3) is 0.952. The molecule has 24 heavy (non-hydrogen) atoms. The fourth-order valence-electron chi connectivity index (χ4n) is 11.1. The Morgan fingerprint density at radius 1 is 0.917 bits per heavy atom. The molecule has 130 valence electrons. The lowest BCUT2D eigenvalue weighted by atomic mass is 9.42. The third-order valence-electron chi connectivity index (χ3n) is 10.9. The molecule has 7 aliphatic rings. The third-order valence-corrected chi connectivity index (χ3v) is 10.9. The maximum Gasteiger partial charge on any atom is 0.315 e. The molecule has 0 saturated heterocycles. The van der Waals surface area contributed by atoms with Crippen LogP contribution in [0.5, 0.6) is 0 Å². The van der Waals surface area contributed by atoms with Gasteiger partial charge in [-0.25, -0.2) is 0 Å². The highest BCUT2D eigenvalue weighted by atomic mass is 16.5. The largest absolute Gasteiger partial charge is 0.468 e. The second-order valence-corrected chi connectivity index (χ2v) is 10.4. The molecule has 0 amide bonds. The summed E-state index contributed by atoms with van der Waals surface area (Å²) in [6.45, 7) is 0. The first-order valence-corrected chi connectivity index (χ1v) is 10.5. The summed E-state index contributed by atoms with van der Waals surface area (Å²) in [5.74, 6) is 6.01. The first kappa shape index (κ1) is 13.6. The van der Waals surface area contributed by atoms with E-state index in [0.29, 0.717) is 41.4 Å². The predicted molar refractivity (Wildman–Crippen MR) is 86.6 cm³/mol. The van der Waals surface area contributed by atoms with E-state index in [4.69, 9.17) is 4.74 Å². The zero-order chi connectivity index (χ0) is 16.0. The van der Waals surface area contributed by atoms with E-state index in [-0.39, 0.29) is 5.97 Å². The maximum absolute atomic E-state index is 13.4. The molecule has 7 saturated carbocycles. The third kappa shape index (κ3) is 0.982. The van der Waals surface area contributed by atoms with Crippen LogP contribution in [0.15, 0.2) is 0 Å². The monoisotopic (exact) mass is 328 g/mol. The summed E-state index contributed by atoms with van der Waals surface area (Å²) in [6.07, 6.45) is 8.86. The average Bonchev–Trinajstić information content (AvgIpc) is 3.30. The zero-order valence-corrected chi connectivity index (χ0v) is 14.5. The number of fused-ring (bicyclic) bond motifs is 4. The topological polar surface area (TPSA) is 46.5 Å². The second-order valence-electron chi connectivity index (χ2n) is 10.4. The Bertz CT molecular complexity index is 659. The Balaban J connectivity index is 1.55. The van der Waals surface area contributed by atoms with Crippen LogP contribution in [0.3, 0.4) is 0 Å². The quantitative estimate of drug-likeness (QED) is 0.753. The molecule has 0 aromatic carbocycles. The van der Waals surface area contributed by atoms with Gasteiger partial charge >= 0.3 is 5.97 Å². The maximum atomic E-state index is 13.4. The minimum absolute atomic E-state index is 0.0216. The van der Waals surface area contributed by atoms with E-state index in [1.54, 1.807) is 7.11 Å². The van der Waals surface area contributed by atoms with E-state index in [1.165, 1.54) is 44.9 Å². The van der Waals surface area contributed by atoms with Crippen molar-refractivity contribution >= 4 is 5.97 Å². The number of ether oxygens (including phenoxy) is 1. The fourth-order valence-corrected chi connectivity index (χ4v) is 11.1. The molecule has 7 fully saturated rings. The van der Waals surface area contributed by atoms with Crippen LogP contribution in [0.25, 0.3) is 0 Å². The molecule has 3 nitrogen and oxygen atoms in total. The minimum atomic E-state index is -0.719. The molecule has 0 aromatic rings. The van der Waals surface area contributed by atoms with E-state index < -0.39 is 11.0 Å². The van der Waals surface area contributed by atoms with Crippen molar-refractivity contribution in [3.63, 3.8) is 0 Å². The highest BCUT2D eigenvalue weighted by molar-refractivity contribution is 5.81. The number of aliphatic hydroxyl groups is 1. The number of carbonyl (C=O) groups is 1. The van der Waals surface area contributed by atoms with Crippen molar-refractivity contribution in [2.24, 2.45) is 64.6 Å². The normalized spacial score (nSPS) is 69.4. The minimum Gasteiger partial charge on any atom is -0.468 e. The molecule has 0 heterocycles. The lowest BCUT2D eigenvalue weighted by molar-refractivity contribution is -0.257. The van der Waals surface area contributed by atoms with Gasteiger partial charge in [0.2, 0.25) is 0 Å². The molecule has 0 aromatic heterocycles. The van der Waals surface area contributed by atoms with E-state index in [1.807, 2.05) is 0 Å². The van der Waals surface area contributed by atoms with Gasteiger partial charge in [-0.05, 0) is 97.7 Å². The Labute approximate surface area is 143 Å². The van der Waals surface area contributed by atoms with Crippen molar-refractivity contribution in [3.05, 3.63) is 0 Å². The van der Waals surface area contributed by atoms with Crippen LogP contribution in [0.1, 0.15) is 44.9 Å². The molecule has 0 radical (unpaired) electrons. The molecule has 0 unspecified atom stereocenters. The first-order valence-electron chi connectivity index (χ1n) is 10.5. The summed E-state index contributed by atoms with van der Waals surface area (Å²) >= 11 is 0. The SMILES string of the molecule is COC(=O)[C@]12[C@@H]3C[C@@H]([C@H]4CCC[C@@H]43)[C@H]3[C@@H]4C[C@H]1[C@H]1CC[C@H]([C@@H]41)[C@@]32O. The van der Waals surface area contributed by atoms with Crippen molar-refractivity contribution in [1.29, 1.82) is 0 Å². The zero-order valence-electron chi connectivity index (χ0n) is 14.5. The van der Waals surface area contributed by atoms with Gasteiger partial charge in [0.05, 0.1) is 12.7 Å². The molecule has 0 spiro atoms. The molecular weight excluding hydrogens is 300 g/mol. The van der Waals surface area contributed by atoms with E-state index in [2.05, 4.69) is 0 Å². The smallest absolute Gasteiger partial charge is 0.315 e. The molecule has 7 rings (SSSR count). The van der Waals surface area contributed by atoms with Gasteiger partial charge in [-0.3, -0.25) is 4.79 Å². The highest BCUT2D eigenvalue weighted by Crippen LogP contribution is 2.86. The summed E-state index contributed by atoms with van der Waals surface area (Å²) < 4.78 is 5.50. The number of esters is 1. The second kappa shape index (κ2) is 3.75. The Kier molecular flexibility index (Phi) is 2.12. The number of methoxy groups -OCH3 is 1. The van der Waals surface area contributed by atoms with E-state index >= 15 is 0 Å². The van der Waals surface area contributed by atoms with E-state index in [9.17, 15) is 9.90 Å². The van der Waals surface area contributed by atoms with Crippen LogP contribution in [-0.4, -0.2) is 23.8 Å². The molecule has 7 bridgehead atoms. The molecule has 12 atom stereocenters. The van der Waals surface area contributed by atoms with Crippen molar-refractivity contribution in [1.82, 2.24) is 0 Å². The van der Waals surface area contributed by atoms with Crippen LogP contribution in [0, 0.1) is 64.6 Å². The Morgan fingerprint density at radius 2 is 1.67 bits per heavy atom. The van der Waals surface area contributed by atoms with Crippen molar-refractivity contribution in [2.75, 3.05) is 7.11 Å². The molecule has 0 aliphatic heterocycles. The van der Waals surface area contributed by atoms with Crippen LogP contribution in [-0.2, 0) is 9.53 Å².